The zero-order chi connectivity index (χ0) is 52.6. The summed E-state index contributed by atoms with van der Waals surface area (Å²) in [5, 5.41) is 27.2. The van der Waals surface area contributed by atoms with E-state index in [2.05, 4.69) is 78.9 Å². The van der Waals surface area contributed by atoms with Crippen LogP contribution in [0.5, 0.6) is 17.2 Å². The van der Waals surface area contributed by atoms with Crippen molar-refractivity contribution in [2.75, 3.05) is 56.6 Å². The van der Waals surface area contributed by atoms with Crippen LogP contribution in [0.4, 0.5) is 17.1 Å². The number of sulfonamides is 1. The Labute approximate surface area is 444 Å². The first-order chi connectivity index (χ1) is 35.9. The number of piperidine rings is 1. The molecule has 18 heteroatoms. The van der Waals surface area contributed by atoms with E-state index in [1.165, 1.54) is 29.5 Å². The molecule has 1 spiro atoms. The molecule has 1 atom stereocenters. The Morgan fingerprint density at radius 1 is 0.960 bits per heavy atom. The lowest BCUT2D eigenvalue weighted by Crippen LogP contribution is -2.60. The smallest absolute Gasteiger partial charge is 0.293 e. The molecule has 16 nitrogen and oxygen atoms in total. The molecule has 1 unspecified atom stereocenters. The standard InChI is InChI=1S/C57H67ClN8O8S/c1-37(2)46-7-5-6-8-47(46)52-36-63(35-40-9-11-43(73-4)29-49(40)58)25-26-65(52)42-31-57(32-42)20-23-64(24-21-57)41-10-13-48(53(28-41)74-44-27-39-17-22-59-54(39)61-34-44)55(67)62-75(71,72)45-12-14-50(51(30-45)66(69)70)60-33-38-15-18-56(3,68)19-16-38/h5-14,17,22,27-30,34,37-38,42,52,60,68H,15-16,18-21,23-26,31-33,35-36H2,1-4H3,(H,59,61)(H,62,67). The van der Waals surface area contributed by atoms with Crippen LogP contribution in [0.2, 0.25) is 5.02 Å². The first kappa shape index (κ1) is 52.2. The summed E-state index contributed by atoms with van der Waals surface area (Å²) < 4.78 is 41.7. The molecule has 4 aliphatic rings. The number of carbonyl (C=O) groups excluding carboxylic acids is 1. The Morgan fingerprint density at radius 2 is 1.73 bits per heavy atom. The number of amides is 1. The van der Waals surface area contributed by atoms with Crippen molar-refractivity contribution in [2.45, 2.75) is 107 Å². The number of nitro groups is 1. The van der Waals surface area contributed by atoms with Crippen molar-refractivity contribution in [3.63, 3.8) is 0 Å². The fourth-order valence-electron chi connectivity index (χ4n) is 12.0. The van der Waals surface area contributed by atoms with Crippen LogP contribution < -0.4 is 24.4 Å². The Kier molecular flexibility index (Phi) is 14.9. The fraction of sp³-hybridized carbons (Fsp3) is 0.439. The number of carbonyl (C=O) groups is 1. The normalized spacial score (nSPS) is 21.5. The third-order valence-corrected chi connectivity index (χ3v) is 18.1. The minimum absolute atomic E-state index is 0.0353. The van der Waals surface area contributed by atoms with Gasteiger partial charge in [0, 0.05) is 92.3 Å². The largest absolute Gasteiger partial charge is 0.497 e. The number of piperazine rings is 1. The number of pyridine rings is 1. The van der Waals surface area contributed by atoms with Crippen LogP contribution >= 0.6 is 11.6 Å². The summed E-state index contributed by atoms with van der Waals surface area (Å²) in [5.41, 5.74) is 4.58. The van der Waals surface area contributed by atoms with Crippen molar-refractivity contribution in [3.05, 3.63) is 141 Å². The molecule has 75 heavy (non-hydrogen) atoms. The average molecular weight is 1060 g/mol. The van der Waals surface area contributed by atoms with Crippen molar-refractivity contribution in [2.24, 2.45) is 11.3 Å². The van der Waals surface area contributed by atoms with Gasteiger partial charge in [-0.2, -0.15) is 0 Å². The van der Waals surface area contributed by atoms with E-state index >= 15 is 0 Å². The second-order valence-electron chi connectivity index (χ2n) is 21.8. The third kappa shape index (κ3) is 11.5. The molecule has 2 saturated heterocycles. The van der Waals surface area contributed by atoms with Gasteiger partial charge < -0.3 is 29.8 Å². The molecule has 2 aliphatic heterocycles. The number of fused-ring (bicyclic) bond motifs is 1. The maximum atomic E-state index is 14.1. The number of anilines is 2. The van der Waals surface area contributed by atoms with E-state index in [0.29, 0.717) is 42.7 Å². The molecule has 4 aromatic carbocycles. The van der Waals surface area contributed by atoms with Gasteiger partial charge in [0.15, 0.2) is 0 Å². The number of methoxy groups -OCH3 is 1. The number of H-pyrrole nitrogens is 1. The number of aromatic amines is 1. The molecule has 4 fully saturated rings. The number of nitro benzene ring substituents is 1. The minimum Gasteiger partial charge on any atom is -0.497 e. The first-order valence-electron chi connectivity index (χ1n) is 26.2. The fourth-order valence-corrected chi connectivity index (χ4v) is 13.2. The van der Waals surface area contributed by atoms with E-state index in [1.54, 1.807) is 31.5 Å². The number of aromatic nitrogens is 2. The average Bonchev–Trinajstić information content (AvgIpc) is 3.89. The number of nitrogens with one attached hydrogen (secondary N) is 3. The lowest BCUT2D eigenvalue weighted by atomic mass is 9.59. The molecule has 4 N–H and O–H groups in total. The van der Waals surface area contributed by atoms with Crippen LogP contribution in [-0.2, 0) is 16.6 Å². The maximum absolute atomic E-state index is 14.1. The van der Waals surface area contributed by atoms with E-state index in [9.17, 15) is 28.4 Å². The summed E-state index contributed by atoms with van der Waals surface area (Å²) in [4.78, 5) is 40.4. The van der Waals surface area contributed by atoms with Crippen LogP contribution in [-0.4, -0.2) is 102 Å². The van der Waals surface area contributed by atoms with E-state index in [1.807, 2.05) is 31.2 Å². The highest BCUT2D eigenvalue weighted by atomic mass is 35.5. The summed E-state index contributed by atoms with van der Waals surface area (Å²) in [6.45, 7) is 12.0. The maximum Gasteiger partial charge on any atom is 0.293 e. The number of nitrogens with zero attached hydrogens (tertiary/aromatic N) is 5. The van der Waals surface area contributed by atoms with Gasteiger partial charge in [0.25, 0.3) is 21.6 Å². The molecule has 396 valence electrons. The second kappa shape index (κ2) is 21.4. The molecule has 2 aromatic heterocycles. The Balaban J connectivity index is 0.832. The van der Waals surface area contributed by atoms with Crippen LogP contribution in [0, 0.1) is 21.4 Å². The monoisotopic (exact) mass is 1060 g/mol. The topological polar surface area (TPSA) is 195 Å². The minimum atomic E-state index is -4.59. The Hall–Kier alpha value is -6.24. The third-order valence-electron chi connectivity index (χ3n) is 16.4. The molecule has 2 saturated carbocycles. The summed E-state index contributed by atoms with van der Waals surface area (Å²) in [7, 11) is -2.94. The predicted molar refractivity (Wildman–Crippen MR) is 292 cm³/mol. The Bertz CT molecular complexity index is 3180. The van der Waals surface area contributed by atoms with Gasteiger partial charge in [-0.25, -0.2) is 18.1 Å². The van der Waals surface area contributed by atoms with Crippen molar-refractivity contribution in [1.82, 2.24) is 24.5 Å². The highest BCUT2D eigenvalue weighted by Crippen LogP contribution is 2.53. The number of benzene rings is 4. The summed E-state index contributed by atoms with van der Waals surface area (Å²) in [5.74, 6) is 0.875. The quantitative estimate of drug-likeness (QED) is 0.0529. The molecular formula is C57H67ClN8O8S. The van der Waals surface area contributed by atoms with Gasteiger partial charge in [-0.05, 0) is 141 Å². The van der Waals surface area contributed by atoms with Gasteiger partial charge in [0.1, 0.15) is 28.6 Å². The number of rotatable bonds is 16. The number of hydrogen-bond donors (Lipinski definition) is 4. The first-order valence-corrected chi connectivity index (χ1v) is 28.0. The molecule has 10 rings (SSSR count). The van der Waals surface area contributed by atoms with Gasteiger partial charge in [-0.1, -0.05) is 55.8 Å². The van der Waals surface area contributed by atoms with Gasteiger partial charge in [0.2, 0.25) is 0 Å². The summed E-state index contributed by atoms with van der Waals surface area (Å²) >= 11 is 6.76. The SMILES string of the molecule is COc1ccc(CN2CCN(C3CC4(CCN(c5ccc(C(=O)NS(=O)(=O)c6ccc(NCC7CCC(C)(O)CC7)c([N+](=O)[O-])c6)c(Oc6cnc7[nH]ccc7c6)c5)CC4)C3)C(c3ccccc3C(C)C)C2)c(Cl)c1. The highest BCUT2D eigenvalue weighted by Gasteiger charge is 2.50. The zero-order valence-corrected chi connectivity index (χ0v) is 44.6. The zero-order valence-electron chi connectivity index (χ0n) is 43.1. The van der Waals surface area contributed by atoms with E-state index in [0.717, 1.165) is 111 Å². The van der Waals surface area contributed by atoms with Crippen molar-refractivity contribution >= 4 is 55.6 Å². The van der Waals surface area contributed by atoms with E-state index < -0.39 is 37.0 Å². The summed E-state index contributed by atoms with van der Waals surface area (Å²) in [6, 6.07) is 27.9. The van der Waals surface area contributed by atoms with E-state index in [-0.39, 0.29) is 34.4 Å². The molecule has 4 heterocycles. The van der Waals surface area contributed by atoms with Gasteiger partial charge in [-0.15, -0.1) is 0 Å². The summed E-state index contributed by atoms with van der Waals surface area (Å²) in [6.07, 6.45) is 10.3. The predicted octanol–water partition coefficient (Wildman–Crippen LogP) is 10.8. The van der Waals surface area contributed by atoms with Crippen LogP contribution in [0.25, 0.3) is 11.0 Å². The van der Waals surface area contributed by atoms with Crippen LogP contribution in [0.3, 0.4) is 0 Å². The number of aliphatic hydroxyl groups is 1. The number of halogens is 1. The van der Waals surface area contributed by atoms with Gasteiger partial charge in [0.05, 0.1) is 34.3 Å². The van der Waals surface area contributed by atoms with Crippen LogP contribution in [0.1, 0.15) is 111 Å². The number of hydrogen-bond acceptors (Lipinski definition) is 13. The lowest BCUT2D eigenvalue weighted by molar-refractivity contribution is -0.384. The van der Waals surface area contributed by atoms with Crippen molar-refractivity contribution in [1.29, 1.82) is 0 Å². The molecule has 6 aromatic rings. The van der Waals surface area contributed by atoms with Crippen LogP contribution in [0.15, 0.2) is 108 Å². The molecule has 2 aliphatic carbocycles. The lowest BCUT2D eigenvalue weighted by Gasteiger charge is -2.58. The Morgan fingerprint density at radius 3 is 2.47 bits per heavy atom. The van der Waals surface area contributed by atoms with Crippen molar-refractivity contribution < 1.29 is 32.7 Å². The van der Waals surface area contributed by atoms with Crippen molar-refractivity contribution in [3.8, 4) is 17.2 Å². The van der Waals surface area contributed by atoms with E-state index in [4.69, 9.17) is 21.1 Å². The second-order valence-corrected chi connectivity index (χ2v) is 23.9. The molecule has 1 amide bonds. The highest BCUT2D eigenvalue weighted by molar-refractivity contribution is 7.90. The molecular weight excluding hydrogens is 992 g/mol. The number of ether oxygens (including phenoxy) is 2. The van der Waals surface area contributed by atoms with Gasteiger partial charge >= 0.3 is 0 Å². The molecule has 0 radical (unpaired) electrons. The molecule has 0 bridgehead atoms. The van der Waals surface area contributed by atoms with Gasteiger partial charge in [-0.3, -0.25) is 24.7 Å².